The molecule has 2 N–H and O–H groups in total. The minimum atomic E-state index is -3.92. The van der Waals surface area contributed by atoms with E-state index in [9.17, 15) is 13.2 Å². The molecule has 0 saturated carbocycles. The molecule has 1 unspecified atom stereocenters. The Morgan fingerprint density at radius 2 is 2.25 bits per heavy atom. The molecule has 1 fully saturated rings. The van der Waals surface area contributed by atoms with Crippen LogP contribution in [0.5, 0.6) is 0 Å². The first-order valence-corrected chi connectivity index (χ1v) is 6.00. The fourth-order valence-electron chi connectivity index (χ4n) is 1.32. The summed E-state index contributed by atoms with van der Waals surface area (Å²) in [6.45, 7) is 5.05. The van der Waals surface area contributed by atoms with E-state index in [4.69, 9.17) is 5.11 Å². The molecule has 0 radical (unpaired) electrons. The number of piperazine rings is 1. The molecule has 1 saturated heterocycles. The predicted octanol–water partition coefficient (Wildman–Crippen LogP) is -0.860. The molecule has 7 nitrogen and oxygen atoms in total. The van der Waals surface area contributed by atoms with Gasteiger partial charge in [-0.25, -0.2) is 0 Å². The zero-order valence-electron chi connectivity index (χ0n) is 8.84. The average Bonchev–Trinajstić information content (AvgIpc) is 2.16. The Morgan fingerprint density at radius 3 is 2.75 bits per heavy atom. The van der Waals surface area contributed by atoms with Crippen LogP contribution in [0.4, 0.5) is 0 Å². The van der Waals surface area contributed by atoms with Crippen LogP contribution in [0.15, 0.2) is 12.3 Å². The van der Waals surface area contributed by atoms with E-state index in [1.807, 2.05) is 0 Å². The van der Waals surface area contributed by atoms with Gasteiger partial charge in [-0.2, -0.15) is 12.7 Å². The van der Waals surface area contributed by atoms with E-state index in [0.717, 1.165) is 4.31 Å². The molecule has 92 valence electrons. The van der Waals surface area contributed by atoms with Gasteiger partial charge in [-0.15, -0.1) is 0 Å². The summed E-state index contributed by atoms with van der Waals surface area (Å²) in [4.78, 5) is 10.7. The van der Waals surface area contributed by atoms with Gasteiger partial charge in [0.05, 0.1) is 0 Å². The van der Waals surface area contributed by atoms with Gasteiger partial charge in [-0.3, -0.25) is 4.79 Å². The lowest BCUT2D eigenvalue weighted by Gasteiger charge is -2.29. The molecule has 0 spiro atoms. The lowest BCUT2D eigenvalue weighted by molar-refractivity contribution is -0.140. The minimum absolute atomic E-state index is 0.0467. The fourth-order valence-corrected chi connectivity index (χ4v) is 2.44. The van der Waals surface area contributed by atoms with E-state index in [-0.39, 0.29) is 25.4 Å². The summed E-state index contributed by atoms with van der Waals surface area (Å²) in [5.41, 5.74) is 0. The zero-order chi connectivity index (χ0) is 12.3. The number of carboxylic acid groups (broad SMARTS) is 1. The maximum atomic E-state index is 11.6. The molecule has 1 rings (SSSR count). The van der Waals surface area contributed by atoms with E-state index < -0.39 is 22.3 Å². The highest BCUT2D eigenvalue weighted by Gasteiger charge is 2.33. The van der Waals surface area contributed by atoms with Gasteiger partial charge in [0.2, 0.25) is 0 Å². The third kappa shape index (κ3) is 3.19. The number of rotatable bonds is 4. The summed E-state index contributed by atoms with van der Waals surface area (Å²) in [5.74, 6) is -1.04. The monoisotopic (exact) mass is 250 g/mol. The van der Waals surface area contributed by atoms with Crippen LogP contribution in [-0.2, 0) is 19.3 Å². The number of hydrogen-bond acceptors (Lipinski definition) is 5. The van der Waals surface area contributed by atoms with Crippen molar-refractivity contribution in [2.45, 2.75) is 13.0 Å². The van der Waals surface area contributed by atoms with Gasteiger partial charge < -0.3 is 14.6 Å². The number of hydrogen-bond donors (Lipinski definition) is 2. The summed E-state index contributed by atoms with van der Waals surface area (Å²) >= 11 is 0. The summed E-state index contributed by atoms with van der Waals surface area (Å²) < 4.78 is 28.7. The Bertz CT molecular complexity index is 391. The second-order valence-corrected chi connectivity index (χ2v) is 4.98. The van der Waals surface area contributed by atoms with Gasteiger partial charge in [0.15, 0.2) is 0 Å². The first-order valence-electron chi connectivity index (χ1n) is 4.64. The smallest absolute Gasteiger partial charge is 0.384 e. The molecule has 0 aromatic heterocycles. The first kappa shape index (κ1) is 12.9. The number of nitrogens with one attached hydrogen (secondary N) is 1. The molecule has 0 aromatic carbocycles. The Labute approximate surface area is 93.9 Å². The predicted molar refractivity (Wildman–Crippen MR) is 55.8 cm³/mol. The van der Waals surface area contributed by atoms with Crippen molar-refractivity contribution in [1.29, 1.82) is 0 Å². The second-order valence-electron chi connectivity index (χ2n) is 3.45. The second kappa shape index (κ2) is 4.81. The quantitative estimate of drug-likeness (QED) is 0.630. The molecular weight excluding hydrogens is 236 g/mol. The van der Waals surface area contributed by atoms with Crippen molar-refractivity contribution in [2.24, 2.45) is 0 Å². The molecule has 1 atom stereocenters. The molecule has 16 heavy (non-hydrogen) atoms. The van der Waals surface area contributed by atoms with Crippen molar-refractivity contribution in [1.82, 2.24) is 9.62 Å². The van der Waals surface area contributed by atoms with Crippen LogP contribution in [0.1, 0.15) is 6.92 Å². The van der Waals surface area contributed by atoms with E-state index >= 15 is 0 Å². The Hall–Kier alpha value is -1.12. The number of allylic oxidation sites excluding steroid dienone is 1. The van der Waals surface area contributed by atoms with Crippen molar-refractivity contribution in [3.63, 3.8) is 0 Å². The Kier molecular flexibility index (Phi) is 3.89. The highest BCUT2D eigenvalue weighted by molar-refractivity contribution is 7.84. The summed E-state index contributed by atoms with van der Waals surface area (Å²) in [7, 11) is -3.92. The molecule has 0 amide bonds. The van der Waals surface area contributed by atoms with Crippen molar-refractivity contribution < 1.29 is 22.5 Å². The number of nitrogens with zero attached hydrogens (tertiary/aromatic N) is 1. The highest BCUT2D eigenvalue weighted by atomic mass is 32.2. The van der Waals surface area contributed by atoms with Crippen molar-refractivity contribution >= 4 is 16.3 Å². The van der Waals surface area contributed by atoms with Crippen LogP contribution in [0, 0.1) is 0 Å². The van der Waals surface area contributed by atoms with Gasteiger partial charge in [0.1, 0.15) is 11.8 Å². The van der Waals surface area contributed by atoms with Crippen LogP contribution in [0.3, 0.4) is 0 Å². The minimum Gasteiger partial charge on any atom is -0.480 e. The maximum Gasteiger partial charge on any atom is 0.384 e. The van der Waals surface area contributed by atoms with Crippen LogP contribution >= 0.6 is 0 Å². The van der Waals surface area contributed by atoms with Crippen LogP contribution in [0.2, 0.25) is 0 Å². The molecule has 1 aliphatic heterocycles. The SMILES string of the molecule is C=C(C)OS(=O)(=O)N1CCNC(C(=O)O)C1. The number of aliphatic carboxylic acids is 1. The molecule has 1 aliphatic rings. The molecule has 0 aromatic rings. The van der Waals surface area contributed by atoms with E-state index in [0.29, 0.717) is 0 Å². The summed E-state index contributed by atoms with van der Waals surface area (Å²) in [6.07, 6.45) is 0. The van der Waals surface area contributed by atoms with Crippen LogP contribution in [-0.4, -0.2) is 49.5 Å². The van der Waals surface area contributed by atoms with Crippen molar-refractivity contribution in [3.05, 3.63) is 12.3 Å². The Morgan fingerprint density at radius 1 is 1.62 bits per heavy atom. The maximum absolute atomic E-state index is 11.6. The van der Waals surface area contributed by atoms with Gasteiger partial charge in [0.25, 0.3) is 0 Å². The van der Waals surface area contributed by atoms with E-state index in [2.05, 4.69) is 16.1 Å². The highest BCUT2D eigenvalue weighted by Crippen LogP contribution is 2.11. The fraction of sp³-hybridized carbons (Fsp3) is 0.625. The van der Waals surface area contributed by atoms with Gasteiger partial charge in [-0.1, -0.05) is 6.58 Å². The first-order chi connectivity index (χ1) is 7.33. The molecule has 1 heterocycles. The van der Waals surface area contributed by atoms with Crippen molar-refractivity contribution in [3.8, 4) is 0 Å². The summed E-state index contributed by atoms with van der Waals surface area (Å²) in [6, 6.07) is -0.905. The normalized spacial score (nSPS) is 22.7. The summed E-state index contributed by atoms with van der Waals surface area (Å²) in [5, 5.41) is 11.5. The average molecular weight is 250 g/mol. The number of carboxylic acids is 1. The Balaban J connectivity index is 2.73. The largest absolute Gasteiger partial charge is 0.480 e. The molecule has 0 bridgehead atoms. The standard InChI is InChI=1S/C8H14N2O5S/c1-6(2)15-16(13,14)10-4-3-9-7(5-10)8(11)12/h7,9H,1,3-5H2,2H3,(H,11,12). The van der Waals surface area contributed by atoms with Gasteiger partial charge in [-0.05, 0) is 6.92 Å². The van der Waals surface area contributed by atoms with Gasteiger partial charge in [0, 0.05) is 19.6 Å². The van der Waals surface area contributed by atoms with E-state index in [1.165, 1.54) is 6.92 Å². The molecule has 0 aliphatic carbocycles. The van der Waals surface area contributed by atoms with Gasteiger partial charge >= 0.3 is 16.3 Å². The molecular formula is C8H14N2O5S. The van der Waals surface area contributed by atoms with E-state index in [1.54, 1.807) is 0 Å². The topological polar surface area (TPSA) is 95.9 Å². The third-order valence-electron chi connectivity index (χ3n) is 2.00. The van der Waals surface area contributed by atoms with Crippen molar-refractivity contribution in [2.75, 3.05) is 19.6 Å². The van der Waals surface area contributed by atoms with Crippen LogP contribution in [0.25, 0.3) is 0 Å². The molecule has 8 heteroatoms. The van der Waals surface area contributed by atoms with Crippen LogP contribution < -0.4 is 5.32 Å². The zero-order valence-corrected chi connectivity index (χ0v) is 9.66. The third-order valence-corrected chi connectivity index (χ3v) is 3.46. The lowest BCUT2D eigenvalue weighted by Crippen LogP contribution is -2.55. The lowest BCUT2D eigenvalue weighted by atomic mass is 10.2. The number of carbonyl (C=O) groups is 1.